The number of aromatic nitrogens is 2. The van der Waals surface area contributed by atoms with E-state index in [1.54, 1.807) is 32.9 Å². The molecule has 0 aliphatic rings. The fourth-order valence-electron chi connectivity index (χ4n) is 2.19. The molecule has 0 N–H and O–H groups in total. The first-order valence-corrected chi connectivity index (χ1v) is 8.41. The molecule has 2 rings (SSSR count). The number of rotatable bonds is 6. The van der Waals surface area contributed by atoms with E-state index >= 15 is 0 Å². The number of hydrogen-bond acceptors (Lipinski definition) is 4. The van der Waals surface area contributed by atoms with Crippen molar-refractivity contribution in [2.45, 2.75) is 27.3 Å². The van der Waals surface area contributed by atoms with E-state index in [9.17, 15) is 9.59 Å². The van der Waals surface area contributed by atoms with E-state index in [1.807, 2.05) is 0 Å². The smallest absolute Gasteiger partial charge is 0.315 e. The van der Waals surface area contributed by atoms with Crippen molar-refractivity contribution in [3.8, 4) is 5.88 Å². The Kier molecular flexibility index (Phi) is 6.03. The summed E-state index contributed by atoms with van der Waals surface area (Å²) in [5.41, 5.74) is 0.888. The number of halogens is 2. The molecule has 0 radical (unpaired) electrons. The Morgan fingerprint density at radius 3 is 2.60 bits per heavy atom. The van der Waals surface area contributed by atoms with E-state index in [-0.39, 0.29) is 33.7 Å². The highest BCUT2D eigenvalue weighted by Crippen LogP contribution is 2.30. The van der Waals surface area contributed by atoms with Crippen LogP contribution in [0.4, 0.5) is 0 Å². The quantitative estimate of drug-likeness (QED) is 0.421. The normalized spacial score (nSPS) is 10.8. The molecule has 1 heterocycles. The molecule has 25 heavy (non-hydrogen) atoms. The van der Waals surface area contributed by atoms with Gasteiger partial charge in [0.1, 0.15) is 5.56 Å². The van der Waals surface area contributed by atoms with Crippen molar-refractivity contribution >= 4 is 35.0 Å². The SMILES string of the molecule is C=CCn1nc(C)c(C(=O)c2ccc(Cl)cc2Cl)c1OC(=O)C(C)C. The molecule has 0 fully saturated rings. The van der Waals surface area contributed by atoms with Gasteiger partial charge >= 0.3 is 5.97 Å². The number of nitrogens with zero attached hydrogens (tertiary/aromatic N) is 2. The van der Waals surface area contributed by atoms with E-state index in [2.05, 4.69) is 11.7 Å². The minimum atomic E-state index is -0.457. The molecule has 0 atom stereocenters. The standard InChI is InChI=1S/C18H18Cl2N2O3/c1-5-8-22-17(25-18(24)10(2)3)15(11(4)21-22)16(23)13-7-6-12(19)9-14(13)20/h5-7,9-10H,1,8H2,2-4H3. The van der Waals surface area contributed by atoms with Crippen LogP contribution in [0.5, 0.6) is 5.88 Å². The maximum Gasteiger partial charge on any atom is 0.315 e. The summed E-state index contributed by atoms with van der Waals surface area (Å²) in [6.07, 6.45) is 1.60. The molecular formula is C18H18Cl2N2O3. The van der Waals surface area contributed by atoms with Gasteiger partial charge < -0.3 is 4.74 Å². The molecule has 0 aliphatic heterocycles. The van der Waals surface area contributed by atoms with Crippen LogP contribution >= 0.6 is 23.2 Å². The van der Waals surface area contributed by atoms with Crippen LogP contribution in [0.1, 0.15) is 35.5 Å². The Morgan fingerprint density at radius 1 is 1.36 bits per heavy atom. The zero-order chi connectivity index (χ0) is 18.7. The van der Waals surface area contributed by atoms with Crippen molar-refractivity contribution in [1.82, 2.24) is 9.78 Å². The van der Waals surface area contributed by atoms with Gasteiger partial charge in [-0.1, -0.05) is 43.1 Å². The molecule has 0 saturated heterocycles. The first-order valence-electron chi connectivity index (χ1n) is 7.66. The van der Waals surface area contributed by atoms with Crippen molar-refractivity contribution < 1.29 is 14.3 Å². The van der Waals surface area contributed by atoms with Crippen LogP contribution in [0.25, 0.3) is 0 Å². The van der Waals surface area contributed by atoms with Gasteiger partial charge in [0.05, 0.1) is 23.2 Å². The number of hydrogen-bond donors (Lipinski definition) is 0. The highest BCUT2D eigenvalue weighted by atomic mass is 35.5. The monoisotopic (exact) mass is 380 g/mol. The second-order valence-electron chi connectivity index (χ2n) is 5.77. The maximum absolute atomic E-state index is 13.0. The lowest BCUT2D eigenvalue weighted by molar-refractivity contribution is -0.138. The van der Waals surface area contributed by atoms with Crippen molar-refractivity contribution in [2.24, 2.45) is 5.92 Å². The number of benzene rings is 1. The van der Waals surface area contributed by atoms with E-state index in [1.165, 1.54) is 16.8 Å². The number of carbonyl (C=O) groups is 2. The Morgan fingerprint density at radius 2 is 2.04 bits per heavy atom. The Hall–Kier alpha value is -2.11. The van der Waals surface area contributed by atoms with E-state index < -0.39 is 5.97 Å². The van der Waals surface area contributed by atoms with Crippen LogP contribution in [0.15, 0.2) is 30.9 Å². The topological polar surface area (TPSA) is 61.2 Å². The summed E-state index contributed by atoms with van der Waals surface area (Å²) in [7, 11) is 0. The number of ketones is 1. The van der Waals surface area contributed by atoms with Crippen LogP contribution < -0.4 is 4.74 Å². The molecule has 0 amide bonds. The predicted octanol–water partition coefficient (Wildman–Crippen LogP) is 4.48. The third kappa shape index (κ3) is 4.11. The summed E-state index contributed by atoms with van der Waals surface area (Å²) in [4.78, 5) is 25.0. The number of allylic oxidation sites excluding steroid dienone is 1. The molecule has 132 valence electrons. The molecule has 1 aromatic carbocycles. The summed E-state index contributed by atoms with van der Waals surface area (Å²) in [5, 5.41) is 4.93. The fraction of sp³-hybridized carbons (Fsp3) is 0.278. The molecule has 0 bridgehead atoms. The van der Waals surface area contributed by atoms with Gasteiger partial charge in [0.25, 0.3) is 0 Å². The zero-order valence-electron chi connectivity index (χ0n) is 14.2. The van der Waals surface area contributed by atoms with Crippen LogP contribution in [-0.4, -0.2) is 21.5 Å². The molecule has 1 aromatic heterocycles. The third-order valence-corrected chi connectivity index (χ3v) is 4.00. The molecule has 5 nitrogen and oxygen atoms in total. The van der Waals surface area contributed by atoms with Gasteiger partial charge in [-0.3, -0.25) is 9.59 Å². The molecule has 0 spiro atoms. The second kappa shape index (κ2) is 7.85. The zero-order valence-corrected chi connectivity index (χ0v) is 15.7. The van der Waals surface area contributed by atoms with Crippen molar-refractivity contribution in [3.63, 3.8) is 0 Å². The minimum absolute atomic E-state index is 0.0899. The largest absolute Gasteiger partial charge is 0.407 e. The number of carbonyl (C=O) groups excluding carboxylic acids is 2. The third-order valence-electron chi connectivity index (χ3n) is 3.45. The van der Waals surface area contributed by atoms with Crippen molar-refractivity contribution in [1.29, 1.82) is 0 Å². The lowest BCUT2D eigenvalue weighted by Gasteiger charge is -2.11. The average Bonchev–Trinajstić information content (AvgIpc) is 2.82. The van der Waals surface area contributed by atoms with Crippen LogP contribution in [0.3, 0.4) is 0 Å². The van der Waals surface area contributed by atoms with Crippen molar-refractivity contribution in [2.75, 3.05) is 0 Å². The first kappa shape index (κ1) is 19.2. The van der Waals surface area contributed by atoms with Gasteiger partial charge in [0.15, 0.2) is 0 Å². The van der Waals surface area contributed by atoms with Gasteiger partial charge in [-0.25, -0.2) is 4.68 Å². The predicted molar refractivity (Wildman–Crippen MR) is 97.5 cm³/mol. The van der Waals surface area contributed by atoms with Crippen molar-refractivity contribution in [3.05, 3.63) is 57.7 Å². The van der Waals surface area contributed by atoms with Gasteiger partial charge in [-0.15, -0.1) is 6.58 Å². The minimum Gasteiger partial charge on any atom is -0.407 e. The molecule has 2 aromatic rings. The summed E-state index contributed by atoms with van der Waals surface area (Å²) >= 11 is 12.0. The summed E-state index contributed by atoms with van der Waals surface area (Å²) in [5.74, 6) is -1.11. The highest BCUT2D eigenvalue weighted by molar-refractivity contribution is 6.37. The van der Waals surface area contributed by atoms with Gasteiger partial charge in [0, 0.05) is 10.6 Å². The molecule has 7 heteroatoms. The van der Waals surface area contributed by atoms with Crippen LogP contribution in [-0.2, 0) is 11.3 Å². The van der Waals surface area contributed by atoms with Crippen LogP contribution in [0, 0.1) is 12.8 Å². The van der Waals surface area contributed by atoms with Gasteiger partial charge in [-0.2, -0.15) is 5.10 Å². The summed E-state index contributed by atoms with van der Waals surface area (Å²) in [6, 6.07) is 4.59. The van der Waals surface area contributed by atoms with E-state index in [4.69, 9.17) is 27.9 Å². The van der Waals surface area contributed by atoms with E-state index in [0.29, 0.717) is 17.3 Å². The molecule has 0 aliphatic carbocycles. The fourth-order valence-corrected chi connectivity index (χ4v) is 2.69. The van der Waals surface area contributed by atoms with E-state index in [0.717, 1.165) is 0 Å². The lowest BCUT2D eigenvalue weighted by Crippen LogP contribution is -2.19. The summed E-state index contributed by atoms with van der Waals surface area (Å²) < 4.78 is 6.87. The second-order valence-corrected chi connectivity index (χ2v) is 6.61. The Labute approximate surface area is 156 Å². The Balaban J connectivity index is 2.57. The number of esters is 1. The molecule has 0 unspecified atom stereocenters. The first-order chi connectivity index (χ1) is 11.8. The number of ether oxygens (including phenoxy) is 1. The molecular weight excluding hydrogens is 363 g/mol. The molecule has 0 saturated carbocycles. The van der Waals surface area contributed by atoms with Gasteiger partial charge in [0.2, 0.25) is 11.7 Å². The summed E-state index contributed by atoms with van der Waals surface area (Å²) in [6.45, 7) is 9.04. The Bertz CT molecular complexity index is 841. The maximum atomic E-state index is 13.0. The highest BCUT2D eigenvalue weighted by Gasteiger charge is 2.27. The van der Waals surface area contributed by atoms with Crippen LogP contribution in [0.2, 0.25) is 10.0 Å². The lowest BCUT2D eigenvalue weighted by atomic mass is 10.0. The number of aryl methyl sites for hydroxylation is 1. The average molecular weight is 381 g/mol. The van der Waals surface area contributed by atoms with Gasteiger partial charge in [-0.05, 0) is 25.1 Å².